The van der Waals surface area contributed by atoms with E-state index in [0.29, 0.717) is 69.2 Å². The third-order valence-corrected chi connectivity index (χ3v) is 7.24. The molecule has 0 saturated carbocycles. The molecule has 11 heteroatoms. The molecule has 1 amide bonds. The van der Waals surface area contributed by atoms with Crippen LogP contribution in [0.15, 0.2) is 84.0 Å². The van der Waals surface area contributed by atoms with E-state index in [1.54, 1.807) is 42.5 Å². The fraction of sp³-hybridized carbons (Fsp3) is 0.147. The summed E-state index contributed by atoms with van der Waals surface area (Å²) in [7, 11) is 0. The number of nitrogens with one attached hydrogen (secondary N) is 2. The third-order valence-electron chi connectivity index (χ3n) is 6.91. The third kappa shape index (κ3) is 6.27. The zero-order valence-corrected chi connectivity index (χ0v) is 25.1. The number of amides is 1. The highest BCUT2D eigenvalue weighted by molar-refractivity contribution is 6.34. The first kappa shape index (κ1) is 29.6. The zero-order chi connectivity index (χ0) is 31.3. The topological polar surface area (TPSA) is 120 Å². The molecule has 2 N–H and O–H groups in total. The smallest absolute Gasteiger partial charge is 0.343 e. The number of hydrogen-bond donors (Lipinski definition) is 2. The van der Waals surface area contributed by atoms with Crippen molar-refractivity contribution in [3.63, 3.8) is 0 Å². The molecule has 2 heterocycles. The van der Waals surface area contributed by atoms with Crippen LogP contribution >= 0.6 is 11.6 Å². The van der Waals surface area contributed by atoms with E-state index in [1.165, 1.54) is 6.21 Å². The van der Waals surface area contributed by atoms with E-state index in [2.05, 4.69) is 15.5 Å². The molecule has 1 aliphatic heterocycles. The summed E-state index contributed by atoms with van der Waals surface area (Å²) in [6.45, 7) is 4.67. The van der Waals surface area contributed by atoms with Crippen LogP contribution in [0.3, 0.4) is 0 Å². The van der Waals surface area contributed by atoms with Crippen molar-refractivity contribution in [1.82, 2.24) is 10.4 Å². The van der Waals surface area contributed by atoms with Crippen LogP contribution in [-0.4, -0.2) is 43.1 Å². The number of benzene rings is 4. The second kappa shape index (κ2) is 13.0. The molecule has 5 aromatic rings. The summed E-state index contributed by atoms with van der Waals surface area (Å²) in [5, 5.41) is 5.46. The van der Waals surface area contributed by atoms with Gasteiger partial charge in [-0.1, -0.05) is 29.8 Å². The van der Waals surface area contributed by atoms with Gasteiger partial charge in [-0.25, -0.2) is 10.2 Å². The van der Waals surface area contributed by atoms with Gasteiger partial charge in [0, 0.05) is 27.1 Å². The molecule has 0 spiro atoms. The van der Waals surface area contributed by atoms with Crippen molar-refractivity contribution in [2.24, 2.45) is 5.10 Å². The lowest BCUT2D eigenvalue weighted by Gasteiger charge is -2.11. The van der Waals surface area contributed by atoms with Gasteiger partial charge >= 0.3 is 5.97 Å². The Morgan fingerprint density at radius 3 is 2.58 bits per heavy atom. The van der Waals surface area contributed by atoms with E-state index >= 15 is 0 Å². The Morgan fingerprint density at radius 2 is 1.76 bits per heavy atom. The SMILES string of the molecule is CCOc1ccc2[nH]c(C(=O)NN=Cc3ccc(OC(=O)c4ccc5c(c4)OCO5)c(OCC)c3)c(-c3ccccc3Cl)c2c1. The van der Waals surface area contributed by atoms with Gasteiger partial charge in [-0.15, -0.1) is 0 Å². The zero-order valence-electron chi connectivity index (χ0n) is 24.4. The minimum atomic E-state index is -0.580. The lowest BCUT2D eigenvalue weighted by atomic mass is 10.0. The molecule has 4 aromatic carbocycles. The van der Waals surface area contributed by atoms with Crippen molar-refractivity contribution in [3.05, 3.63) is 101 Å². The second-order valence-electron chi connectivity index (χ2n) is 9.79. The Hall–Kier alpha value is -5.48. The van der Waals surface area contributed by atoms with Gasteiger partial charge in [-0.05, 0) is 80.1 Å². The lowest BCUT2D eigenvalue weighted by Crippen LogP contribution is -2.19. The number of hydrogen-bond acceptors (Lipinski definition) is 8. The highest BCUT2D eigenvalue weighted by Crippen LogP contribution is 2.38. The average molecular weight is 626 g/mol. The second-order valence-corrected chi connectivity index (χ2v) is 10.2. The normalized spacial score (nSPS) is 12.0. The maximum absolute atomic E-state index is 13.4. The van der Waals surface area contributed by atoms with Crippen molar-refractivity contribution in [1.29, 1.82) is 0 Å². The summed E-state index contributed by atoms with van der Waals surface area (Å²) in [6, 6.07) is 22.7. The Morgan fingerprint density at radius 1 is 0.933 bits per heavy atom. The predicted molar refractivity (Wildman–Crippen MR) is 170 cm³/mol. The van der Waals surface area contributed by atoms with E-state index in [0.717, 1.165) is 10.9 Å². The number of hydrazone groups is 1. The fourth-order valence-corrected chi connectivity index (χ4v) is 5.13. The van der Waals surface area contributed by atoms with Crippen molar-refractivity contribution < 1.29 is 33.3 Å². The molecule has 45 heavy (non-hydrogen) atoms. The fourth-order valence-electron chi connectivity index (χ4n) is 4.90. The van der Waals surface area contributed by atoms with Crippen molar-refractivity contribution in [2.75, 3.05) is 20.0 Å². The molecule has 1 aromatic heterocycles. The van der Waals surface area contributed by atoms with Crippen LogP contribution < -0.4 is 29.1 Å². The average Bonchev–Trinajstić information content (AvgIpc) is 3.67. The number of ether oxygens (including phenoxy) is 5. The number of fused-ring (bicyclic) bond motifs is 2. The highest BCUT2D eigenvalue weighted by Gasteiger charge is 2.22. The van der Waals surface area contributed by atoms with Gasteiger partial charge in [0.05, 0.1) is 25.0 Å². The van der Waals surface area contributed by atoms with E-state index in [1.807, 2.05) is 50.2 Å². The number of carbonyl (C=O) groups excluding carboxylic acids is 2. The van der Waals surface area contributed by atoms with Gasteiger partial charge in [0.1, 0.15) is 11.4 Å². The summed E-state index contributed by atoms with van der Waals surface area (Å²) in [4.78, 5) is 29.5. The van der Waals surface area contributed by atoms with Crippen LogP contribution in [0, 0.1) is 0 Å². The quantitative estimate of drug-likeness (QED) is 0.0742. The summed E-state index contributed by atoms with van der Waals surface area (Å²) in [5.41, 5.74) is 5.87. The molecule has 6 rings (SSSR count). The molecule has 0 radical (unpaired) electrons. The van der Waals surface area contributed by atoms with Crippen LogP contribution in [-0.2, 0) is 0 Å². The lowest BCUT2D eigenvalue weighted by molar-refractivity contribution is 0.0727. The summed E-state index contributed by atoms with van der Waals surface area (Å²) in [5.74, 6) is 1.25. The van der Waals surface area contributed by atoms with Gasteiger partial charge in [-0.3, -0.25) is 4.79 Å². The first-order chi connectivity index (χ1) is 21.9. The van der Waals surface area contributed by atoms with Gasteiger partial charge in [0.2, 0.25) is 6.79 Å². The molecular weight excluding hydrogens is 598 g/mol. The first-order valence-corrected chi connectivity index (χ1v) is 14.6. The predicted octanol–water partition coefficient (Wildman–Crippen LogP) is 7.00. The largest absolute Gasteiger partial charge is 0.494 e. The van der Waals surface area contributed by atoms with Crippen LogP contribution in [0.5, 0.6) is 28.7 Å². The van der Waals surface area contributed by atoms with Gasteiger partial charge in [-0.2, -0.15) is 5.10 Å². The summed E-state index contributed by atoms with van der Waals surface area (Å²) in [6.07, 6.45) is 1.47. The van der Waals surface area contributed by atoms with Crippen molar-refractivity contribution in [3.8, 4) is 39.9 Å². The Kier molecular flexibility index (Phi) is 8.56. The standard InChI is InChI=1S/C34H28ClN3O7/c1-3-41-22-11-12-26-24(17-22)31(23-7-5-6-8-25(23)35)32(37-26)33(39)38-36-18-20-9-13-28(29(15-20)42-4-2)45-34(40)21-10-14-27-30(16-21)44-19-43-27/h5-18,37H,3-4,19H2,1-2H3,(H,38,39). The molecule has 0 fully saturated rings. The molecular formula is C34H28ClN3O7. The molecule has 0 saturated heterocycles. The van der Waals surface area contributed by atoms with Gasteiger partial charge in [0.15, 0.2) is 23.0 Å². The number of nitrogens with zero attached hydrogens (tertiary/aromatic N) is 1. The molecule has 10 nitrogen and oxygen atoms in total. The van der Waals surface area contributed by atoms with E-state index in [-0.39, 0.29) is 12.5 Å². The number of aromatic amines is 1. The maximum Gasteiger partial charge on any atom is 0.343 e. The number of H-pyrrole nitrogens is 1. The van der Waals surface area contributed by atoms with E-state index < -0.39 is 11.9 Å². The Balaban J connectivity index is 1.22. The first-order valence-electron chi connectivity index (χ1n) is 14.2. The summed E-state index contributed by atoms with van der Waals surface area (Å²) < 4.78 is 27.7. The Labute approximate surface area is 263 Å². The van der Waals surface area contributed by atoms with Crippen LogP contribution in [0.25, 0.3) is 22.0 Å². The number of carbonyl (C=O) groups is 2. The number of aromatic nitrogens is 1. The Bertz CT molecular complexity index is 1940. The number of halogens is 1. The van der Waals surface area contributed by atoms with Crippen LogP contribution in [0.2, 0.25) is 5.02 Å². The molecule has 0 atom stereocenters. The maximum atomic E-state index is 13.4. The minimum absolute atomic E-state index is 0.103. The van der Waals surface area contributed by atoms with Crippen molar-refractivity contribution in [2.45, 2.75) is 13.8 Å². The number of rotatable bonds is 10. The van der Waals surface area contributed by atoms with Gasteiger partial charge in [0.25, 0.3) is 5.91 Å². The van der Waals surface area contributed by atoms with E-state index in [4.69, 9.17) is 35.3 Å². The number of esters is 1. The van der Waals surface area contributed by atoms with E-state index in [9.17, 15) is 9.59 Å². The van der Waals surface area contributed by atoms with Crippen LogP contribution in [0.1, 0.15) is 40.3 Å². The monoisotopic (exact) mass is 625 g/mol. The molecule has 228 valence electrons. The highest BCUT2D eigenvalue weighted by atomic mass is 35.5. The molecule has 0 bridgehead atoms. The van der Waals surface area contributed by atoms with Gasteiger partial charge < -0.3 is 28.7 Å². The van der Waals surface area contributed by atoms with Crippen LogP contribution in [0.4, 0.5) is 0 Å². The summed E-state index contributed by atoms with van der Waals surface area (Å²) >= 11 is 6.56. The molecule has 1 aliphatic rings. The molecule has 0 aliphatic carbocycles. The van der Waals surface area contributed by atoms with Crippen molar-refractivity contribution >= 4 is 40.6 Å². The minimum Gasteiger partial charge on any atom is -0.494 e. The molecule has 0 unspecified atom stereocenters.